The molecule has 0 saturated carbocycles. The van der Waals surface area contributed by atoms with Gasteiger partial charge in [0.1, 0.15) is 0 Å². The van der Waals surface area contributed by atoms with E-state index in [0.29, 0.717) is 6.04 Å². The topological polar surface area (TPSA) is 41.0 Å². The van der Waals surface area contributed by atoms with Crippen molar-refractivity contribution in [3.63, 3.8) is 0 Å². The number of hydrogen-bond acceptors (Lipinski definition) is 4. The number of aromatic nitrogens is 2. The van der Waals surface area contributed by atoms with Crippen LogP contribution in [0.1, 0.15) is 32.4 Å². The van der Waals surface area contributed by atoms with Crippen LogP contribution in [0.3, 0.4) is 0 Å². The van der Waals surface area contributed by atoms with Gasteiger partial charge in [0, 0.05) is 19.6 Å². The number of anilines is 1. The standard InChI is InChI=1S/C12H22N4/c1-5-6-10(2)16(4)12-8-7-11(9-13-3)14-15-12/h7-8,10,13H,5-6,9H2,1-4H3. The normalized spacial score (nSPS) is 12.5. The molecular formula is C12H22N4. The highest BCUT2D eigenvalue weighted by molar-refractivity contribution is 5.37. The van der Waals surface area contributed by atoms with E-state index in [2.05, 4.69) is 41.3 Å². The second-order valence-corrected chi connectivity index (χ2v) is 4.16. The summed E-state index contributed by atoms with van der Waals surface area (Å²) < 4.78 is 0. The fourth-order valence-electron chi connectivity index (χ4n) is 1.65. The first-order chi connectivity index (χ1) is 7.69. The number of hydrogen-bond donors (Lipinski definition) is 1. The van der Waals surface area contributed by atoms with E-state index in [1.807, 2.05) is 19.2 Å². The van der Waals surface area contributed by atoms with Crippen molar-refractivity contribution in [3.05, 3.63) is 17.8 Å². The molecule has 0 aliphatic heterocycles. The Bertz CT molecular complexity index is 296. The molecule has 1 aromatic heterocycles. The molecule has 0 aliphatic carbocycles. The molecule has 1 heterocycles. The molecule has 90 valence electrons. The zero-order valence-corrected chi connectivity index (χ0v) is 10.7. The molecule has 0 aromatic carbocycles. The van der Waals surface area contributed by atoms with Crippen LogP contribution in [-0.2, 0) is 6.54 Å². The van der Waals surface area contributed by atoms with Crippen molar-refractivity contribution in [2.75, 3.05) is 19.0 Å². The molecule has 0 bridgehead atoms. The largest absolute Gasteiger partial charge is 0.355 e. The molecule has 0 saturated heterocycles. The van der Waals surface area contributed by atoms with E-state index in [-0.39, 0.29) is 0 Å². The molecule has 1 atom stereocenters. The predicted molar refractivity (Wildman–Crippen MR) is 67.6 cm³/mol. The minimum atomic E-state index is 0.509. The highest BCUT2D eigenvalue weighted by Gasteiger charge is 2.10. The van der Waals surface area contributed by atoms with Crippen molar-refractivity contribution in [1.82, 2.24) is 15.5 Å². The van der Waals surface area contributed by atoms with E-state index in [1.165, 1.54) is 12.8 Å². The Kier molecular flexibility index (Phi) is 5.19. The van der Waals surface area contributed by atoms with Gasteiger partial charge in [-0.25, -0.2) is 0 Å². The van der Waals surface area contributed by atoms with Crippen LogP contribution >= 0.6 is 0 Å². The minimum absolute atomic E-state index is 0.509. The Morgan fingerprint density at radius 3 is 2.62 bits per heavy atom. The second kappa shape index (κ2) is 6.43. The summed E-state index contributed by atoms with van der Waals surface area (Å²) in [5.41, 5.74) is 0.975. The zero-order chi connectivity index (χ0) is 12.0. The highest BCUT2D eigenvalue weighted by Crippen LogP contribution is 2.13. The van der Waals surface area contributed by atoms with Crippen molar-refractivity contribution in [2.24, 2.45) is 0 Å². The van der Waals surface area contributed by atoms with E-state index < -0.39 is 0 Å². The lowest BCUT2D eigenvalue weighted by Gasteiger charge is -2.25. The van der Waals surface area contributed by atoms with Gasteiger partial charge in [-0.15, -0.1) is 5.10 Å². The lowest BCUT2D eigenvalue weighted by molar-refractivity contribution is 0.607. The van der Waals surface area contributed by atoms with Gasteiger partial charge in [-0.05, 0) is 32.5 Å². The van der Waals surface area contributed by atoms with Gasteiger partial charge >= 0.3 is 0 Å². The van der Waals surface area contributed by atoms with Gasteiger partial charge in [0.25, 0.3) is 0 Å². The first-order valence-corrected chi connectivity index (χ1v) is 5.89. The SMILES string of the molecule is CCCC(C)N(C)c1ccc(CNC)nn1. The average molecular weight is 222 g/mol. The summed E-state index contributed by atoms with van der Waals surface area (Å²) in [5, 5.41) is 11.5. The number of nitrogens with one attached hydrogen (secondary N) is 1. The molecule has 0 aliphatic rings. The predicted octanol–water partition coefficient (Wildman–Crippen LogP) is 1.82. The molecule has 1 aromatic rings. The van der Waals surface area contributed by atoms with Crippen molar-refractivity contribution in [1.29, 1.82) is 0 Å². The van der Waals surface area contributed by atoms with Crippen molar-refractivity contribution < 1.29 is 0 Å². The first kappa shape index (κ1) is 12.9. The van der Waals surface area contributed by atoms with Gasteiger partial charge in [-0.1, -0.05) is 13.3 Å². The number of nitrogens with zero attached hydrogens (tertiary/aromatic N) is 3. The first-order valence-electron chi connectivity index (χ1n) is 5.89. The van der Waals surface area contributed by atoms with Crippen molar-refractivity contribution in [3.8, 4) is 0 Å². The van der Waals surface area contributed by atoms with E-state index in [0.717, 1.165) is 18.1 Å². The van der Waals surface area contributed by atoms with Crippen molar-refractivity contribution >= 4 is 5.82 Å². The smallest absolute Gasteiger partial charge is 0.151 e. The molecular weight excluding hydrogens is 200 g/mol. The summed E-state index contributed by atoms with van der Waals surface area (Å²) in [6.07, 6.45) is 2.37. The third-order valence-electron chi connectivity index (χ3n) is 2.79. The minimum Gasteiger partial charge on any atom is -0.355 e. The second-order valence-electron chi connectivity index (χ2n) is 4.16. The molecule has 4 nitrogen and oxygen atoms in total. The quantitative estimate of drug-likeness (QED) is 0.797. The monoisotopic (exact) mass is 222 g/mol. The van der Waals surface area contributed by atoms with E-state index in [9.17, 15) is 0 Å². The summed E-state index contributed by atoms with van der Waals surface area (Å²) in [6, 6.07) is 4.56. The Morgan fingerprint density at radius 1 is 1.38 bits per heavy atom. The van der Waals surface area contributed by atoms with Crippen molar-refractivity contribution in [2.45, 2.75) is 39.3 Å². The molecule has 0 fully saturated rings. The van der Waals surface area contributed by atoms with Crippen LogP contribution in [0.15, 0.2) is 12.1 Å². The molecule has 1 rings (SSSR count). The Morgan fingerprint density at radius 2 is 2.12 bits per heavy atom. The van der Waals surface area contributed by atoms with Crippen LogP contribution in [0, 0.1) is 0 Å². The van der Waals surface area contributed by atoms with Gasteiger partial charge in [0.15, 0.2) is 5.82 Å². The van der Waals surface area contributed by atoms with Gasteiger partial charge < -0.3 is 10.2 Å². The fraction of sp³-hybridized carbons (Fsp3) is 0.667. The van der Waals surface area contributed by atoms with Gasteiger partial charge in [-0.3, -0.25) is 0 Å². The molecule has 1 unspecified atom stereocenters. The summed E-state index contributed by atoms with van der Waals surface area (Å²) in [5.74, 6) is 0.945. The van der Waals surface area contributed by atoms with Crippen LogP contribution < -0.4 is 10.2 Å². The van der Waals surface area contributed by atoms with Crippen LogP contribution in [0.25, 0.3) is 0 Å². The molecule has 1 N–H and O–H groups in total. The van der Waals surface area contributed by atoms with Crippen LogP contribution in [0.4, 0.5) is 5.82 Å². The maximum absolute atomic E-state index is 4.24. The zero-order valence-electron chi connectivity index (χ0n) is 10.7. The molecule has 0 spiro atoms. The Hall–Kier alpha value is -1.16. The van der Waals surface area contributed by atoms with Crippen LogP contribution in [0.5, 0.6) is 0 Å². The average Bonchev–Trinajstić information content (AvgIpc) is 2.30. The van der Waals surface area contributed by atoms with E-state index >= 15 is 0 Å². The Labute approximate surface area is 98.1 Å². The third-order valence-corrected chi connectivity index (χ3v) is 2.79. The molecule has 4 heteroatoms. The van der Waals surface area contributed by atoms with E-state index in [4.69, 9.17) is 0 Å². The maximum atomic E-state index is 4.24. The lowest BCUT2D eigenvalue weighted by Crippen LogP contribution is -2.29. The fourth-order valence-corrected chi connectivity index (χ4v) is 1.65. The lowest BCUT2D eigenvalue weighted by atomic mass is 10.2. The molecule has 16 heavy (non-hydrogen) atoms. The third kappa shape index (κ3) is 3.45. The van der Waals surface area contributed by atoms with Gasteiger partial charge in [-0.2, -0.15) is 5.10 Å². The maximum Gasteiger partial charge on any atom is 0.151 e. The number of rotatable bonds is 6. The highest BCUT2D eigenvalue weighted by atomic mass is 15.3. The molecule has 0 radical (unpaired) electrons. The summed E-state index contributed by atoms with van der Waals surface area (Å²) in [7, 11) is 3.98. The summed E-state index contributed by atoms with van der Waals surface area (Å²) >= 11 is 0. The summed E-state index contributed by atoms with van der Waals surface area (Å²) in [6.45, 7) is 5.18. The van der Waals surface area contributed by atoms with E-state index in [1.54, 1.807) is 0 Å². The van der Waals surface area contributed by atoms with Gasteiger partial charge in [0.2, 0.25) is 0 Å². The molecule has 0 amide bonds. The Balaban J connectivity index is 2.65. The van der Waals surface area contributed by atoms with Crippen LogP contribution in [-0.4, -0.2) is 30.3 Å². The van der Waals surface area contributed by atoms with Crippen LogP contribution in [0.2, 0.25) is 0 Å². The van der Waals surface area contributed by atoms with Gasteiger partial charge in [0.05, 0.1) is 5.69 Å². The summed E-state index contributed by atoms with van der Waals surface area (Å²) in [4.78, 5) is 2.18.